The molecule has 0 amide bonds. The Balaban J connectivity index is 2.01. The molecule has 146 valence electrons. The quantitative estimate of drug-likeness (QED) is 0.381. The minimum Gasteiger partial charge on any atom is -0.478 e. The van der Waals surface area contributed by atoms with Gasteiger partial charge in [0, 0.05) is 16.9 Å². The number of aromatic carboxylic acids is 1. The summed E-state index contributed by atoms with van der Waals surface area (Å²) in [5.74, 6) is -0.947. The maximum absolute atomic E-state index is 12.1. The molecule has 4 heteroatoms. The van der Waals surface area contributed by atoms with E-state index in [1.807, 2.05) is 78.9 Å². The second kappa shape index (κ2) is 6.49. The zero-order valence-electron chi connectivity index (χ0n) is 16.2. The Morgan fingerprint density at radius 1 is 0.700 bits per heavy atom. The summed E-state index contributed by atoms with van der Waals surface area (Å²) in [5, 5.41) is 9.93. The predicted octanol–water partition coefficient (Wildman–Crippen LogP) is 4.91. The Morgan fingerprint density at radius 2 is 1.27 bits per heavy atom. The third-order valence-electron chi connectivity index (χ3n) is 5.94. The lowest BCUT2D eigenvalue weighted by molar-refractivity contribution is 0.0697. The van der Waals surface area contributed by atoms with Gasteiger partial charge in [-0.3, -0.25) is 0 Å². The van der Waals surface area contributed by atoms with Crippen LogP contribution in [0.25, 0.3) is 11.1 Å². The fraction of sp³-hybridized carbons (Fsp3) is 0.0385. The van der Waals surface area contributed by atoms with Gasteiger partial charge in [-0.2, -0.15) is 0 Å². The van der Waals surface area contributed by atoms with Gasteiger partial charge in [-0.1, -0.05) is 60.7 Å². The Bertz CT molecular complexity index is 1260. The molecule has 0 unspecified atom stereocenters. The molecule has 0 aromatic heterocycles. The minimum absolute atomic E-state index is 0.287. The molecule has 4 aromatic carbocycles. The molecule has 0 heterocycles. The van der Waals surface area contributed by atoms with Gasteiger partial charge in [-0.15, -0.1) is 0 Å². The highest BCUT2D eigenvalue weighted by atomic mass is 16.4. The van der Waals surface area contributed by atoms with Crippen molar-refractivity contribution in [2.75, 3.05) is 11.5 Å². The van der Waals surface area contributed by atoms with Crippen LogP contribution in [0.2, 0.25) is 0 Å². The molecule has 4 aromatic rings. The van der Waals surface area contributed by atoms with E-state index in [2.05, 4.69) is 6.07 Å². The summed E-state index contributed by atoms with van der Waals surface area (Å²) in [6.07, 6.45) is 0. The Hall–Kier alpha value is -4.05. The molecule has 0 fully saturated rings. The van der Waals surface area contributed by atoms with Crippen molar-refractivity contribution < 1.29 is 9.90 Å². The second-order valence-corrected chi connectivity index (χ2v) is 7.58. The minimum atomic E-state index is -0.947. The number of anilines is 2. The van der Waals surface area contributed by atoms with Crippen LogP contribution in [0.5, 0.6) is 0 Å². The van der Waals surface area contributed by atoms with Crippen LogP contribution in [-0.4, -0.2) is 11.1 Å². The number of fused-ring (bicyclic) bond motifs is 3. The summed E-state index contributed by atoms with van der Waals surface area (Å²) in [6.45, 7) is 0. The van der Waals surface area contributed by atoms with Crippen LogP contribution in [0.15, 0.2) is 91.0 Å². The lowest BCUT2D eigenvalue weighted by Crippen LogP contribution is -2.29. The highest BCUT2D eigenvalue weighted by Gasteiger charge is 2.47. The molecular weight excluding hydrogens is 372 g/mol. The lowest BCUT2D eigenvalue weighted by atomic mass is 9.67. The van der Waals surface area contributed by atoms with Gasteiger partial charge < -0.3 is 16.6 Å². The van der Waals surface area contributed by atoms with Crippen molar-refractivity contribution in [3.63, 3.8) is 0 Å². The topological polar surface area (TPSA) is 89.3 Å². The van der Waals surface area contributed by atoms with Crippen LogP contribution in [0.3, 0.4) is 0 Å². The third kappa shape index (κ3) is 2.37. The SMILES string of the molecule is Nc1cccc(C2(c3cccc(N)c3)c3ccccc3-c3c(C(=O)O)cccc32)c1. The van der Waals surface area contributed by atoms with E-state index in [1.54, 1.807) is 6.07 Å². The fourth-order valence-electron chi connectivity index (χ4n) is 4.84. The van der Waals surface area contributed by atoms with Gasteiger partial charge in [0.05, 0.1) is 11.0 Å². The zero-order chi connectivity index (χ0) is 20.9. The summed E-state index contributed by atoms with van der Waals surface area (Å²) in [7, 11) is 0. The summed E-state index contributed by atoms with van der Waals surface area (Å²) in [5.41, 5.74) is 18.8. The largest absolute Gasteiger partial charge is 0.478 e. The normalized spacial score (nSPS) is 13.5. The van der Waals surface area contributed by atoms with Crippen molar-refractivity contribution in [3.05, 3.63) is 119 Å². The van der Waals surface area contributed by atoms with Gasteiger partial charge >= 0.3 is 5.97 Å². The summed E-state index contributed by atoms with van der Waals surface area (Å²) < 4.78 is 0. The van der Waals surface area contributed by atoms with Crippen molar-refractivity contribution in [3.8, 4) is 11.1 Å². The third-order valence-corrected chi connectivity index (χ3v) is 5.94. The second-order valence-electron chi connectivity index (χ2n) is 7.58. The van der Waals surface area contributed by atoms with Crippen molar-refractivity contribution in [1.29, 1.82) is 0 Å². The number of carbonyl (C=O) groups is 1. The maximum atomic E-state index is 12.1. The van der Waals surface area contributed by atoms with Crippen LogP contribution in [0, 0.1) is 0 Å². The lowest BCUT2D eigenvalue weighted by Gasteiger charge is -2.34. The molecule has 0 radical (unpaired) electrons. The summed E-state index contributed by atoms with van der Waals surface area (Å²) in [6, 6.07) is 29.0. The van der Waals surface area contributed by atoms with Crippen LogP contribution in [0.4, 0.5) is 11.4 Å². The fourth-order valence-corrected chi connectivity index (χ4v) is 4.84. The van der Waals surface area contributed by atoms with E-state index in [4.69, 9.17) is 11.5 Å². The van der Waals surface area contributed by atoms with E-state index in [0.29, 0.717) is 11.4 Å². The molecule has 0 saturated heterocycles. The highest BCUT2D eigenvalue weighted by Crippen LogP contribution is 2.57. The molecule has 1 aliphatic carbocycles. The zero-order valence-corrected chi connectivity index (χ0v) is 16.2. The van der Waals surface area contributed by atoms with E-state index in [9.17, 15) is 9.90 Å². The van der Waals surface area contributed by atoms with Crippen molar-refractivity contribution >= 4 is 17.3 Å². The average Bonchev–Trinajstić information content (AvgIpc) is 3.05. The number of carboxylic acid groups (broad SMARTS) is 1. The van der Waals surface area contributed by atoms with Gasteiger partial charge in [0.15, 0.2) is 0 Å². The first-order valence-electron chi connectivity index (χ1n) is 9.72. The predicted molar refractivity (Wildman–Crippen MR) is 120 cm³/mol. The van der Waals surface area contributed by atoms with Gasteiger partial charge in [0.1, 0.15) is 0 Å². The number of nitrogen functional groups attached to an aromatic ring is 2. The number of hydrogen-bond acceptors (Lipinski definition) is 3. The number of hydrogen-bond donors (Lipinski definition) is 3. The smallest absolute Gasteiger partial charge is 0.336 e. The summed E-state index contributed by atoms with van der Waals surface area (Å²) >= 11 is 0. The standard InChI is InChI=1S/C26H20N2O2/c27-18-8-3-6-16(14-18)26(17-7-4-9-19(28)15-17)22-12-2-1-10-20(22)24-21(25(29)30)11-5-13-23(24)26/h1-15H,27-28H2,(H,29,30). The molecule has 0 bridgehead atoms. The maximum Gasteiger partial charge on any atom is 0.336 e. The Labute approximate surface area is 174 Å². The molecule has 0 spiro atoms. The average molecular weight is 392 g/mol. The van der Waals surface area contributed by atoms with Crippen LogP contribution in [0.1, 0.15) is 32.6 Å². The van der Waals surface area contributed by atoms with E-state index in [-0.39, 0.29) is 5.56 Å². The molecule has 4 nitrogen and oxygen atoms in total. The number of nitrogens with two attached hydrogens (primary N) is 2. The van der Waals surface area contributed by atoms with E-state index < -0.39 is 11.4 Å². The van der Waals surface area contributed by atoms with Crippen LogP contribution in [-0.2, 0) is 5.41 Å². The Kier molecular flexibility index (Phi) is 3.90. The van der Waals surface area contributed by atoms with E-state index in [1.165, 1.54) is 0 Å². The first-order valence-corrected chi connectivity index (χ1v) is 9.72. The molecule has 5 rings (SSSR count). The van der Waals surface area contributed by atoms with Crippen molar-refractivity contribution in [2.24, 2.45) is 0 Å². The first-order chi connectivity index (χ1) is 14.5. The molecule has 30 heavy (non-hydrogen) atoms. The van der Waals surface area contributed by atoms with Crippen molar-refractivity contribution in [2.45, 2.75) is 5.41 Å². The Morgan fingerprint density at radius 3 is 1.87 bits per heavy atom. The van der Waals surface area contributed by atoms with E-state index >= 15 is 0 Å². The number of benzene rings is 4. The van der Waals surface area contributed by atoms with Gasteiger partial charge in [-0.05, 0) is 58.1 Å². The highest BCUT2D eigenvalue weighted by molar-refractivity contribution is 6.01. The van der Waals surface area contributed by atoms with Gasteiger partial charge in [-0.25, -0.2) is 4.79 Å². The van der Waals surface area contributed by atoms with E-state index in [0.717, 1.165) is 33.4 Å². The molecule has 1 aliphatic rings. The molecule has 0 aliphatic heterocycles. The van der Waals surface area contributed by atoms with Gasteiger partial charge in [0.2, 0.25) is 0 Å². The number of carboxylic acids is 1. The van der Waals surface area contributed by atoms with Gasteiger partial charge in [0.25, 0.3) is 0 Å². The van der Waals surface area contributed by atoms with Crippen LogP contribution >= 0.6 is 0 Å². The molecule has 5 N–H and O–H groups in total. The first kappa shape index (κ1) is 18.0. The molecular formula is C26H20N2O2. The monoisotopic (exact) mass is 392 g/mol. The molecule has 0 atom stereocenters. The van der Waals surface area contributed by atoms with Crippen molar-refractivity contribution in [1.82, 2.24) is 0 Å². The molecule has 0 saturated carbocycles. The summed E-state index contributed by atoms with van der Waals surface area (Å²) in [4.78, 5) is 12.1. The van der Waals surface area contributed by atoms with Crippen LogP contribution < -0.4 is 11.5 Å². The number of rotatable bonds is 3.